The van der Waals surface area contributed by atoms with Crippen LogP contribution in [0.4, 0.5) is 11.4 Å². The van der Waals surface area contributed by atoms with Gasteiger partial charge in [0.2, 0.25) is 10.0 Å². The number of halogens is 1. The maximum absolute atomic E-state index is 13.4. The fourth-order valence-electron chi connectivity index (χ4n) is 3.69. The number of non-ortho nitro benzene ring substituents is 1. The van der Waals surface area contributed by atoms with Gasteiger partial charge in [-0.25, -0.2) is 16.8 Å². The number of benzene rings is 3. The molecule has 3 aromatic rings. The summed E-state index contributed by atoms with van der Waals surface area (Å²) in [5, 5.41) is 24.4. The number of carbonyl (C=O) groups excluding carboxylic acids is 1. The van der Waals surface area contributed by atoms with Gasteiger partial charge in [-0.05, 0) is 54.4 Å². The molecule has 39 heavy (non-hydrogen) atoms. The Balaban J connectivity index is 1.89. The average Bonchev–Trinajstić information content (AvgIpc) is 2.87. The lowest BCUT2D eigenvalue weighted by atomic mass is 10.1. The van der Waals surface area contributed by atoms with E-state index in [2.05, 4.69) is 0 Å². The van der Waals surface area contributed by atoms with E-state index in [9.17, 15) is 41.9 Å². The summed E-state index contributed by atoms with van der Waals surface area (Å²) < 4.78 is 58.0. The maximum Gasteiger partial charge on any atom is 0.321 e. The molecule has 0 amide bonds. The zero-order valence-corrected chi connectivity index (χ0v) is 22.7. The Bertz CT molecular complexity index is 1660. The van der Waals surface area contributed by atoms with E-state index in [4.69, 9.17) is 16.3 Å². The fraction of sp³-hybridized carbons (Fsp3) is 0.261. The summed E-state index contributed by atoms with van der Waals surface area (Å²) >= 11 is 5.96. The van der Waals surface area contributed by atoms with Gasteiger partial charge in [-0.3, -0.25) is 25.0 Å². The lowest BCUT2D eigenvalue weighted by molar-refractivity contribution is -0.396. The highest BCUT2D eigenvalue weighted by Crippen LogP contribution is 2.31. The Labute approximate surface area is 228 Å². The zero-order valence-electron chi connectivity index (χ0n) is 20.4. The second-order valence-corrected chi connectivity index (χ2v) is 12.6. The second-order valence-electron chi connectivity index (χ2n) is 8.14. The van der Waals surface area contributed by atoms with E-state index >= 15 is 0 Å². The van der Waals surface area contributed by atoms with Crippen LogP contribution in [0.2, 0.25) is 5.02 Å². The fourth-order valence-corrected chi connectivity index (χ4v) is 6.76. The minimum absolute atomic E-state index is 0.0110. The van der Waals surface area contributed by atoms with Crippen LogP contribution in [0.5, 0.6) is 0 Å². The third-order valence-electron chi connectivity index (χ3n) is 5.53. The molecule has 0 spiro atoms. The number of nitrogens with zero attached hydrogens (tertiary/aromatic N) is 3. The van der Waals surface area contributed by atoms with Crippen LogP contribution in [-0.4, -0.2) is 62.4 Å². The number of esters is 1. The minimum atomic E-state index is -4.79. The van der Waals surface area contributed by atoms with Gasteiger partial charge >= 0.3 is 5.97 Å². The molecule has 0 aliphatic carbocycles. The van der Waals surface area contributed by atoms with Crippen LogP contribution in [0.15, 0.2) is 64.4 Å². The quantitative estimate of drug-likeness (QED) is 0.169. The van der Waals surface area contributed by atoms with Crippen LogP contribution in [0.3, 0.4) is 0 Å². The van der Waals surface area contributed by atoms with E-state index in [-0.39, 0.29) is 17.9 Å². The van der Waals surface area contributed by atoms with Gasteiger partial charge in [-0.15, -0.1) is 0 Å². The molecule has 0 aliphatic heterocycles. The number of rotatable bonds is 12. The maximum atomic E-state index is 13.4. The number of sulfone groups is 1. The molecule has 0 fully saturated rings. The van der Waals surface area contributed by atoms with E-state index < -0.39 is 70.8 Å². The van der Waals surface area contributed by atoms with Crippen molar-refractivity contribution in [1.29, 1.82) is 0 Å². The van der Waals surface area contributed by atoms with Crippen LogP contribution in [0.1, 0.15) is 13.3 Å². The Morgan fingerprint density at radius 1 is 0.949 bits per heavy atom. The largest absolute Gasteiger partial charge is 0.465 e. The number of ether oxygens (including phenoxy) is 1. The average molecular weight is 600 g/mol. The number of nitro groups is 2. The van der Waals surface area contributed by atoms with Gasteiger partial charge in [-0.1, -0.05) is 23.7 Å². The molecule has 3 aromatic carbocycles. The van der Waals surface area contributed by atoms with E-state index in [1.165, 1.54) is 19.1 Å². The molecule has 0 radical (unpaired) electrons. The van der Waals surface area contributed by atoms with Crippen molar-refractivity contribution >= 4 is 59.6 Å². The van der Waals surface area contributed by atoms with Gasteiger partial charge in [-0.2, -0.15) is 4.31 Å². The van der Waals surface area contributed by atoms with Gasteiger partial charge < -0.3 is 4.74 Å². The first-order chi connectivity index (χ1) is 18.3. The molecular formula is C23H22ClN3O10S2. The SMILES string of the molecule is CCOC(=O)CN(CCCS(=O)(=O)c1ccc2cc(Cl)ccc2c1)S(=O)(=O)c1ccc([N+](=O)[O-])cc1[N+](=O)[O-]. The van der Waals surface area contributed by atoms with Crippen molar-refractivity contribution < 1.29 is 36.2 Å². The van der Waals surface area contributed by atoms with E-state index in [1.807, 2.05) is 0 Å². The van der Waals surface area contributed by atoms with Gasteiger partial charge in [0, 0.05) is 17.6 Å². The van der Waals surface area contributed by atoms with Gasteiger partial charge in [0.05, 0.1) is 33.2 Å². The summed E-state index contributed by atoms with van der Waals surface area (Å²) in [4.78, 5) is 31.8. The highest BCUT2D eigenvalue weighted by Gasteiger charge is 2.35. The molecule has 0 N–H and O–H groups in total. The summed E-state index contributed by atoms with van der Waals surface area (Å²) in [7, 11) is -8.68. The van der Waals surface area contributed by atoms with Crippen molar-refractivity contribution in [3.63, 3.8) is 0 Å². The number of fused-ring (bicyclic) bond motifs is 1. The van der Waals surface area contributed by atoms with Crippen LogP contribution in [0, 0.1) is 20.2 Å². The Kier molecular flexibility index (Phi) is 9.22. The molecule has 13 nitrogen and oxygen atoms in total. The van der Waals surface area contributed by atoms with Crippen molar-refractivity contribution in [1.82, 2.24) is 4.31 Å². The summed E-state index contributed by atoms with van der Waals surface area (Å²) in [6.45, 7) is 0.0345. The summed E-state index contributed by atoms with van der Waals surface area (Å²) in [5.41, 5.74) is -1.77. The number of sulfonamides is 1. The topological polar surface area (TPSA) is 184 Å². The Morgan fingerprint density at radius 2 is 1.62 bits per heavy atom. The van der Waals surface area contributed by atoms with Crippen LogP contribution >= 0.6 is 11.6 Å². The lowest BCUT2D eigenvalue weighted by Crippen LogP contribution is -2.38. The predicted octanol–water partition coefficient (Wildman–Crippen LogP) is 3.73. The molecule has 0 atom stereocenters. The third-order valence-corrected chi connectivity index (χ3v) is 9.46. The second kappa shape index (κ2) is 12.0. The molecule has 0 bridgehead atoms. The first-order valence-corrected chi connectivity index (χ1v) is 14.7. The monoisotopic (exact) mass is 599 g/mol. The molecule has 208 valence electrons. The van der Waals surface area contributed by atoms with Crippen LogP contribution in [0.25, 0.3) is 10.8 Å². The van der Waals surface area contributed by atoms with Crippen molar-refractivity contribution in [2.45, 2.75) is 23.1 Å². The number of carbonyl (C=O) groups is 1. The van der Waals surface area contributed by atoms with Crippen molar-refractivity contribution in [3.8, 4) is 0 Å². The molecule has 0 saturated carbocycles. The molecule has 0 unspecified atom stereocenters. The number of hydrogen-bond donors (Lipinski definition) is 0. The third kappa shape index (κ3) is 7.06. The van der Waals surface area contributed by atoms with Crippen molar-refractivity contribution in [2.75, 3.05) is 25.4 Å². The van der Waals surface area contributed by atoms with Crippen molar-refractivity contribution in [2.24, 2.45) is 0 Å². The zero-order chi connectivity index (χ0) is 29.0. The molecule has 0 aliphatic rings. The normalized spacial score (nSPS) is 12.0. The molecule has 16 heteroatoms. The van der Waals surface area contributed by atoms with Crippen molar-refractivity contribution in [3.05, 3.63) is 79.8 Å². The standard InChI is InChI=1S/C23H22ClN3O10S2/c1-2-37-23(28)15-25(39(35,36)22-9-7-19(26(29)30)14-21(22)27(31)32)10-3-11-38(33,34)20-8-5-16-12-18(24)6-4-17(16)13-20/h4-9,12-14H,2-3,10-11,15H2,1H3. The number of nitro benzene ring substituents is 2. The van der Waals surface area contributed by atoms with E-state index in [0.717, 1.165) is 11.5 Å². The smallest absolute Gasteiger partial charge is 0.321 e. The van der Waals surface area contributed by atoms with Crippen LogP contribution in [-0.2, 0) is 29.4 Å². The summed E-state index contributed by atoms with van der Waals surface area (Å²) in [6, 6.07) is 11.3. The Hall–Kier alpha value is -3.66. The van der Waals surface area contributed by atoms with Gasteiger partial charge in [0.1, 0.15) is 6.54 Å². The molecule has 0 saturated heterocycles. The molecule has 0 heterocycles. The highest BCUT2D eigenvalue weighted by molar-refractivity contribution is 7.91. The van der Waals surface area contributed by atoms with E-state index in [0.29, 0.717) is 26.8 Å². The number of hydrogen-bond acceptors (Lipinski definition) is 10. The predicted molar refractivity (Wildman–Crippen MR) is 141 cm³/mol. The summed E-state index contributed by atoms with van der Waals surface area (Å²) in [5.74, 6) is -1.48. The van der Waals surface area contributed by atoms with Gasteiger partial charge in [0.25, 0.3) is 11.4 Å². The lowest BCUT2D eigenvalue weighted by Gasteiger charge is -2.21. The van der Waals surface area contributed by atoms with Gasteiger partial charge in [0.15, 0.2) is 14.7 Å². The van der Waals surface area contributed by atoms with Crippen LogP contribution < -0.4 is 0 Å². The first kappa shape index (κ1) is 29.9. The minimum Gasteiger partial charge on any atom is -0.465 e. The summed E-state index contributed by atoms with van der Waals surface area (Å²) in [6.07, 6.45) is -0.277. The molecule has 0 aromatic heterocycles. The first-order valence-electron chi connectivity index (χ1n) is 11.3. The Morgan fingerprint density at radius 3 is 2.26 bits per heavy atom. The molecule has 3 rings (SSSR count). The molecular weight excluding hydrogens is 578 g/mol. The van der Waals surface area contributed by atoms with E-state index in [1.54, 1.807) is 24.3 Å². The highest BCUT2D eigenvalue weighted by atomic mass is 35.5.